The molecule has 0 bridgehead atoms. The fraction of sp³-hybridized carbons (Fsp3) is 0.0714. The molecule has 118 valence electrons. The maximum Gasteiger partial charge on any atom is 0.269 e. The van der Waals surface area contributed by atoms with E-state index in [0.717, 1.165) is 23.1 Å². The summed E-state index contributed by atoms with van der Waals surface area (Å²) in [5.74, 6) is 0. The lowest BCUT2D eigenvalue weighted by molar-refractivity contribution is -0.384. The van der Waals surface area contributed by atoms with Gasteiger partial charge in [-0.15, -0.1) is 0 Å². The molecule has 2 N–H and O–H groups in total. The van der Waals surface area contributed by atoms with Gasteiger partial charge in [-0.2, -0.15) is 0 Å². The van der Waals surface area contributed by atoms with Crippen LogP contribution in [-0.2, 0) is 16.6 Å². The second-order valence-corrected chi connectivity index (χ2v) is 6.55. The number of pyridine rings is 1. The minimum atomic E-state index is -3.76. The minimum Gasteiger partial charge on any atom is -0.346 e. The summed E-state index contributed by atoms with van der Waals surface area (Å²) >= 11 is 0. The molecule has 1 aromatic carbocycles. The number of H-pyrrole nitrogens is 1. The lowest BCUT2D eigenvalue weighted by atomic mass is 10.2. The first-order chi connectivity index (χ1) is 11.0. The van der Waals surface area contributed by atoms with Gasteiger partial charge in [-0.05, 0) is 29.8 Å². The molecule has 23 heavy (non-hydrogen) atoms. The molecule has 0 saturated heterocycles. The Balaban J connectivity index is 1.81. The first-order valence-corrected chi connectivity index (χ1v) is 8.11. The molecule has 0 aliphatic carbocycles. The fourth-order valence-corrected chi connectivity index (χ4v) is 3.18. The summed E-state index contributed by atoms with van der Waals surface area (Å²) < 4.78 is 27.0. The zero-order valence-electron chi connectivity index (χ0n) is 11.8. The molecule has 0 aliphatic heterocycles. The summed E-state index contributed by atoms with van der Waals surface area (Å²) in [5, 5.41) is 11.4. The summed E-state index contributed by atoms with van der Waals surface area (Å²) in [6, 6.07) is 8.28. The molecule has 3 aromatic rings. The molecule has 2 aromatic heterocycles. The monoisotopic (exact) mass is 332 g/mol. The maximum atomic E-state index is 12.3. The van der Waals surface area contributed by atoms with Crippen LogP contribution in [0.15, 0.2) is 53.7 Å². The summed E-state index contributed by atoms with van der Waals surface area (Å²) in [7, 11) is -3.76. The Hall–Kier alpha value is -2.78. The fourth-order valence-electron chi connectivity index (χ4n) is 2.18. The highest BCUT2D eigenvalue weighted by atomic mass is 32.2. The second-order valence-electron chi connectivity index (χ2n) is 4.79. The number of nitrogens with one attached hydrogen (secondary N) is 2. The van der Waals surface area contributed by atoms with Gasteiger partial charge in [-0.3, -0.25) is 10.1 Å². The van der Waals surface area contributed by atoms with Crippen molar-refractivity contribution in [3.05, 3.63) is 64.5 Å². The standard InChI is InChI=1S/C14H12N4O4S/c19-18(20)11-1-3-12(4-2-11)23(21,22)17-9-10-5-7-15-14-13(10)6-8-16-14/h1-8,17H,9H2,(H,15,16). The molecule has 0 fully saturated rings. The van der Waals surface area contributed by atoms with Crippen LogP contribution in [0.5, 0.6) is 0 Å². The largest absolute Gasteiger partial charge is 0.346 e. The Labute approximate surface area is 131 Å². The first kappa shape index (κ1) is 15.1. The van der Waals surface area contributed by atoms with Gasteiger partial charge >= 0.3 is 0 Å². The molecule has 0 unspecified atom stereocenters. The van der Waals surface area contributed by atoms with Gasteiger partial charge in [-0.1, -0.05) is 0 Å². The van der Waals surface area contributed by atoms with Crippen LogP contribution in [0.2, 0.25) is 0 Å². The van der Waals surface area contributed by atoms with E-state index < -0.39 is 14.9 Å². The predicted molar refractivity (Wildman–Crippen MR) is 83.2 cm³/mol. The van der Waals surface area contributed by atoms with Crippen molar-refractivity contribution in [1.29, 1.82) is 0 Å². The smallest absolute Gasteiger partial charge is 0.269 e. The topological polar surface area (TPSA) is 118 Å². The molecular weight excluding hydrogens is 320 g/mol. The normalized spacial score (nSPS) is 11.7. The third-order valence-corrected chi connectivity index (χ3v) is 4.78. The van der Waals surface area contributed by atoms with Crippen molar-refractivity contribution >= 4 is 26.7 Å². The summed E-state index contributed by atoms with van der Waals surface area (Å²) in [6.07, 6.45) is 3.32. The van der Waals surface area contributed by atoms with Gasteiger partial charge in [0, 0.05) is 36.5 Å². The number of nitro groups is 1. The highest BCUT2D eigenvalue weighted by Crippen LogP contribution is 2.18. The first-order valence-electron chi connectivity index (χ1n) is 6.62. The molecular formula is C14H12N4O4S. The van der Waals surface area contributed by atoms with Crippen LogP contribution >= 0.6 is 0 Å². The van der Waals surface area contributed by atoms with E-state index in [1.807, 2.05) is 6.07 Å². The lowest BCUT2D eigenvalue weighted by Crippen LogP contribution is -2.23. The van der Waals surface area contributed by atoms with Gasteiger partial charge in [0.2, 0.25) is 10.0 Å². The zero-order valence-corrected chi connectivity index (χ0v) is 12.6. The second kappa shape index (κ2) is 5.78. The number of hydrogen-bond acceptors (Lipinski definition) is 5. The zero-order chi connectivity index (χ0) is 16.4. The highest BCUT2D eigenvalue weighted by molar-refractivity contribution is 7.89. The Bertz CT molecular complexity index is 964. The number of nitrogens with zero attached hydrogens (tertiary/aromatic N) is 2. The molecule has 8 nitrogen and oxygen atoms in total. The van der Waals surface area contributed by atoms with Crippen molar-refractivity contribution in [2.75, 3.05) is 0 Å². The average Bonchev–Trinajstić information content (AvgIpc) is 3.02. The van der Waals surface area contributed by atoms with Crippen LogP contribution < -0.4 is 4.72 Å². The molecule has 0 spiro atoms. The van der Waals surface area contributed by atoms with Crippen LogP contribution in [0, 0.1) is 10.1 Å². The van der Waals surface area contributed by atoms with E-state index in [1.54, 1.807) is 18.5 Å². The molecule has 3 rings (SSSR count). The third-order valence-electron chi connectivity index (χ3n) is 3.36. The highest BCUT2D eigenvalue weighted by Gasteiger charge is 2.16. The van der Waals surface area contributed by atoms with Gasteiger partial charge in [0.05, 0.1) is 9.82 Å². The summed E-state index contributed by atoms with van der Waals surface area (Å²) in [4.78, 5) is 17.1. The molecule has 0 aliphatic rings. The summed E-state index contributed by atoms with van der Waals surface area (Å²) in [6.45, 7) is 0.0934. The molecule has 0 radical (unpaired) electrons. The quantitative estimate of drug-likeness (QED) is 0.547. The van der Waals surface area contributed by atoms with Crippen LogP contribution in [-0.4, -0.2) is 23.3 Å². The number of rotatable bonds is 5. The maximum absolute atomic E-state index is 12.3. The molecule has 0 atom stereocenters. The number of benzene rings is 1. The van der Waals surface area contributed by atoms with E-state index in [-0.39, 0.29) is 17.1 Å². The Morgan fingerprint density at radius 1 is 1.17 bits per heavy atom. The van der Waals surface area contributed by atoms with Crippen LogP contribution in [0.4, 0.5) is 5.69 Å². The lowest BCUT2D eigenvalue weighted by Gasteiger charge is -2.07. The minimum absolute atomic E-state index is 0.0255. The number of aromatic amines is 1. The Kier molecular flexibility index (Phi) is 3.80. The van der Waals surface area contributed by atoms with Crippen molar-refractivity contribution < 1.29 is 13.3 Å². The van der Waals surface area contributed by atoms with E-state index in [1.165, 1.54) is 12.1 Å². The van der Waals surface area contributed by atoms with Crippen LogP contribution in [0.25, 0.3) is 11.0 Å². The van der Waals surface area contributed by atoms with Crippen molar-refractivity contribution in [3.8, 4) is 0 Å². The van der Waals surface area contributed by atoms with Gasteiger partial charge in [0.25, 0.3) is 5.69 Å². The number of hydrogen-bond donors (Lipinski definition) is 2. The van der Waals surface area contributed by atoms with Gasteiger partial charge in [0.1, 0.15) is 5.65 Å². The van der Waals surface area contributed by atoms with Crippen LogP contribution in [0.3, 0.4) is 0 Å². The number of aromatic nitrogens is 2. The van der Waals surface area contributed by atoms with Crippen molar-refractivity contribution in [1.82, 2.24) is 14.7 Å². The third kappa shape index (κ3) is 3.05. The Morgan fingerprint density at radius 2 is 1.91 bits per heavy atom. The number of non-ortho nitro benzene ring substituents is 1. The molecule has 9 heteroatoms. The number of nitro benzene ring substituents is 1. The predicted octanol–water partition coefficient (Wildman–Crippen LogP) is 1.95. The van der Waals surface area contributed by atoms with E-state index in [9.17, 15) is 18.5 Å². The average molecular weight is 332 g/mol. The SMILES string of the molecule is O=[N+]([O-])c1ccc(S(=O)(=O)NCc2ccnc3[nH]ccc23)cc1. The summed E-state index contributed by atoms with van der Waals surface area (Å²) in [5.41, 5.74) is 1.30. The van der Waals surface area contributed by atoms with Gasteiger partial charge in [-0.25, -0.2) is 18.1 Å². The van der Waals surface area contributed by atoms with Crippen molar-refractivity contribution in [3.63, 3.8) is 0 Å². The van der Waals surface area contributed by atoms with Gasteiger partial charge < -0.3 is 4.98 Å². The van der Waals surface area contributed by atoms with Gasteiger partial charge in [0.15, 0.2) is 0 Å². The van der Waals surface area contributed by atoms with E-state index in [4.69, 9.17) is 0 Å². The Morgan fingerprint density at radius 3 is 2.61 bits per heavy atom. The van der Waals surface area contributed by atoms with Crippen molar-refractivity contribution in [2.45, 2.75) is 11.4 Å². The van der Waals surface area contributed by atoms with Crippen molar-refractivity contribution in [2.24, 2.45) is 0 Å². The van der Waals surface area contributed by atoms with E-state index >= 15 is 0 Å². The van der Waals surface area contributed by atoms with E-state index in [0.29, 0.717) is 5.65 Å². The molecule has 0 saturated carbocycles. The molecule has 0 amide bonds. The molecule has 2 heterocycles. The number of fused-ring (bicyclic) bond motifs is 1. The van der Waals surface area contributed by atoms with E-state index in [2.05, 4.69) is 14.7 Å². The van der Waals surface area contributed by atoms with Crippen LogP contribution in [0.1, 0.15) is 5.56 Å². The number of sulfonamides is 1.